The van der Waals surface area contributed by atoms with Crippen LogP contribution in [-0.2, 0) is 6.54 Å². The first-order valence-electron chi connectivity index (χ1n) is 9.41. The van der Waals surface area contributed by atoms with E-state index in [4.69, 9.17) is 11.6 Å². The zero-order valence-electron chi connectivity index (χ0n) is 15.3. The summed E-state index contributed by atoms with van der Waals surface area (Å²) in [5.41, 5.74) is 2.01. The summed E-state index contributed by atoms with van der Waals surface area (Å²) in [6.45, 7) is 2.90. The lowest BCUT2D eigenvalue weighted by molar-refractivity contribution is 0.0837. The summed E-state index contributed by atoms with van der Waals surface area (Å²) < 4.78 is 14.7. The molecule has 1 N–H and O–H groups in total. The van der Waals surface area contributed by atoms with Crippen molar-refractivity contribution in [3.8, 4) is 0 Å². The molecule has 1 saturated heterocycles. The Labute approximate surface area is 166 Å². The molecule has 5 nitrogen and oxygen atoms in total. The second-order valence-electron chi connectivity index (χ2n) is 7.23. The molecule has 146 valence electrons. The van der Waals surface area contributed by atoms with Gasteiger partial charge in [-0.2, -0.15) is 0 Å². The monoisotopic (exact) mass is 401 g/mol. The Morgan fingerprint density at radius 1 is 1.11 bits per heavy atom. The molecule has 0 saturated carbocycles. The van der Waals surface area contributed by atoms with Gasteiger partial charge in [0, 0.05) is 29.6 Å². The molecule has 2 heterocycles. The summed E-state index contributed by atoms with van der Waals surface area (Å²) in [7, 11) is 0. The van der Waals surface area contributed by atoms with Gasteiger partial charge in [0.2, 0.25) is 0 Å². The zero-order valence-corrected chi connectivity index (χ0v) is 16.1. The molecule has 2 aromatic carbocycles. The van der Waals surface area contributed by atoms with Crippen LogP contribution in [0.5, 0.6) is 0 Å². The summed E-state index contributed by atoms with van der Waals surface area (Å²) in [4.78, 5) is 29.9. The highest BCUT2D eigenvalue weighted by Crippen LogP contribution is 2.22. The molecule has 0 atom stereocenters. The number of piperidine rings is 1. The lowest BCUT2D eigenvalue weighted by Gasteiger charge is -2.31. The van der Waals surface area contributed by atoms with E-state index < -0.39 is 0 Å². The van der Waals surface area contributed by atoms with Crippen molar-refractivity contribution in [1.29, 1.82) is 0 Å². The number of nitrogens with zero attached hydrogens (tertiary/aromatic N) is 2. The second-order valence-corrected chi connectivity index (χ2v) is 7.67. The molecular weight excluding hydrogens is 381 g/mol. The van der Waals surface area contributed by atoms with Crippen LogP contribution in [0.3, 0.4) is 0 Å². The molecule has 0 radical (unpaired) electrons. The van der Waals surface area contributed by atoms with Crippen LogP contribution < -0.4 is 5.69 Å². The predicted octanol–water partition coefficient (Wildman–Crippen LogP) is 3.72. The molecule has 28 heavy (non-hydrogen) atoms. The van der Waals surface area contributed by atoms with E-state index in [0.717, 1.165) is 43.5 Å². The SMILES string of the molecule is O=C(c1ccc(F)cc1)C1CCN(CCn2c(=O)[nH]c3ccc(Cl)cc32)CC1. The summed E-state index contributed by atoms with van der Waals surface area (Å²) in [5, 5.41) is 0.598. The van der Waals surface area contributed by atoms with Gasteiger partial charge < -0.3 is 9.88 Å². The van der Waals surface area contributed by atoms with Crippen molar-refractivity contribution in [2.45, 2.75) is 19.4 Å². The molecule has 4 rings (SSSR count). The van der Waals surface area contributed by atoms with E-state index in [0.29, 0.717) is 17.1 Å². The number of fused-ring (bicyclic) bond motifs is 1. The molecule has 1 aromatic heterocycles. The minimum Gasteiger partial charge on any atom is -0.306 e. The molecule has 0 bridgehead atoms. The average Bonchev–Trinajstić information content (AvgIpc) is 3.01. The Morgan fingerprint density at radius 2 is 1.82 bits per heavy atom. The van der Waals surface area contributed by atoms with E-state index in [-0.39, 0.29) is 23.2 Å². The van der Waals surface area contributed by atoms with Crippen molar-refractivity contribution in [3.05, 3.63) is 69.4 Å². The number of aromatic nitrogens is 2. The van der Waals surface area contributed by atoms with E-state index in [1.54, 1.807) is 28.8 Å². The first kappa shape index (κ1) is 18.9. The maximum atomic E-state index is 13.0. The summed E-state index contributed by atoms with van der Waals surface area (Å²) >= 11 is 6.06. The number of ketones is 1. The standard InChI is InChI=1S/C21H21ClFN3O2/c22-16-3-6-18-19(13-16)26(21(28)24-18)12-11-25-9-7-15(8-10-25)20(27)14-1-4-17(23)5-2-14/h1-6,13,15H,7-12H2,(H,24,28). The lowest BCUT2D eigenvalue weighted by Crippen LogP contribution is -2.38. The molecule has 0 aliphatic carbocycles. The largest absolute Gasteiger partial charge is 0.326 e. The molecule has 0 amide bonds. The summed E-state index contributed by atoms with van der Waals surface area (Å²) in [6, 6.07) is 11.1. The number of Topliss-reactive ketones (excluding diaryl/α,β-unsaturated/α-hetero) is 1. The van der Waals surface area contributed by atoms with E-state index in [9.17, 15) is 14.0 Å². The molecule has 0 spiro atoms. The fourth-order valence-corrected chi connectivity index (χ4v) is 4.02. The van der Waals surface area contributed by atoms with Crippen molar-refractivity contribution in [2.24, 2.45) is 5.92 Å². The molecule has 1 aliphatic heterocycles. The average molecular weight is 402 g/mol. The number of aromatic amines is 1. The Bertz CT molecular complexity index is 1050. The highest BCUT2D eigenvalue weighted by Gasteiger charge is 2.25. The topological polar surface area (TPSA) is 58.1 Å². The van der Waals surface area contributed by atoms with Gasteiger partial charge in [-0.05, 0) is 68.4 Å². The Balaban J connectivity index is 1.36. The number of carbonyl (C=O) groups excluding carboxylic acids is 1. The van der Waals surface area contributed by atoms with Gasteiger partial charge in [0.05, 0.1) is 11.0 Å². The molecular formula is C21H21ClFN3O2. The van der Waals surface area contributed by atoms with Crippen LogP contribution in [0, 0.1) is 11.7 Å². The van der Waals surface area contributed by atoms with Gasteiger partial charge in [0.15, 0.2) is 5.78 Å². The van der Waals surface area contributed by atoms with Gasteiger partial charge in [-0.15, -0.1) is 0 Å². The Kier molecular flexibility index (Phi) is 5.33. The number of hydrogen-bond donors (Lipinski definition) is 1. The minimum absolute atomic E-state index is 0.0312. The Hall–Kier alpha value is -2.44. The third kappa shape index (κ3) is 3.88. The van der Waals surface area contributed by atoms with E-state index in [2.05, 4.69) is 9.88 Å². The van der Waals surface area contributed by atoms with Crippen LogP contribution in [0.4, 0.5) is 4.39 Å². The number of H-pyrrole nitrogens is 1. The zero-order chi connectivity index (χ0) is 19.7. The third-order valence-corrected chi connectivity index (χ3v) is 5.70. The molecule has 3 aromatic rings. The maximum absolute atomic E-state index is 13.0. The number of imidazole rings is 1. The van der Waals surface area contributed by atoms with Gasteiger partial charge in [-0.25, -0.2) is 9.18 Å². The second kappa shape index (κ2) is 7.89. The number of rotatable bonds is 5. The Morgan fingerprint density at radius 3 is 2.54 bits per heavy atom. The van der Waals surface area contributed by atoms with Crippen molar-refractivity contribution in [2.75, 3.05) is 19.6 Å². The van der Waals surface area contributed by atoms with Crippen molar-refractivity contribution in [1.82, 2.24) is 14.5 Å². The normalized spacial score (nSPS) is 15.9. The first-order valence-corrected chi connectivity index (χ1v) is 9.79. The van der Waals surface area contributed by atoms with Gasteiger partial charge >= 0.3 is 5.69 Å². The fourth-order valence-electron chi connectivity index (χ4n) is 3.86. The molecule has 1 aliphatic rings. The molecule has 1 fully saturated rings. The van der Waals surface area contributed by atoms with E-state index in [1.807, 2.05) is 6.07 Å². The number of nitrogens with one attached hydrogen (secondary N) is 1. The van der Waals surface area contributed by atoms with Crippen LogP contribution in [0.1, 0.15) is 23.2 Å². The van der Waals surface area contributed by atoms with Crippen molar-refractivity contribution < 1.29 is 9.18 Å². The van der Waals surface area contributed by atoms with Crippen LogP contribution in [-0.4, -0.2) is 39.9 Å². The van der Waals surface area contributed by atoms with Crippen molar-refractivity contribution >= 4 is 28.4 Å². The fraction of sp³-hybridized carbons (Fsp3) is 0.333. The number of likely N-dealkylation sites (tertiary alicyclic amines) is 1. The van der Waals surface area contributed by atoms with Crippen LogP contribution in [0.15, 0.2) is 47.3 Å². The van der Waals surface area contributed by atoms with E-state index in [1.165, 1.54) is 12.1 Å². The van der Waals surface area contributed by atoms with Gasteiger partial charge in [0.25, 0.3) is 0 Å². The van der Waals surface area contributed by atoms with Crippen LogP contribution >= 0.6 is 11.6 Å². The quantitative estimate of drug-likeness (QED) is 0.663. The molecule has 0 unspecified atom stereocenters. The smallest absolute Gasteiger partial charge is 0.306 e. The van der Waals surface area contributed by atoms with E-state index >= 15 is 0 Å². The van der Waals surface area contributed by atoms with Gasteiger partial charge in [-0.3, -0.25) is 9.36 Å². The number of halogens is 2. The predicted molar refractivity (Wildman–Crippen MR) is 107 cm³/mol. The number of hydrogen-bond acceptors (Lipinski definition) is 3. The molecule has 7 heteroatoms. The van der Waals surface area contributed by atoms with Crippen LogP contribution in [0.2, 0.25) is 5.02 Å². The highest BCUT2D eigenvalue weighted by molar-refractivity contribution is 6.31. The van der Waals surface area contributed by atoms with Crippen molar-refractivity contribution in [3.63, 3.8) is 0 Å². The van der Waals surface area contributed by atoms with Gasteiger partial charge in [-0.1, -0.05) is 11.6 Å². The highest BCUT2D eigenvalue weighted by atomic mass is 35.5. The minimum atomic E-state index is -0.333. The summed E-state index contributed by atoms with van der Waals surface area (Å²) in [5.74, 6) is -0.279. The lowest BCUT2D eigenvalue weighted by atomic mass is 9.89. The van der Waals surface area contributed by atoms with Gasteiger partial charge in [0.1, 0.15) is 5.82 Å². The van der Waals surface area contributed by atoms with Crippen LogP contribution in [0.25, 0.3) is 11.0 Å². The number of benzene rings is 2. The maximum Gasteiger partial charge on any atom is 0.326 e. The number of carbonyl (C=O) groups is 1. The summed E-state index contributed by atoms with van der Waals surface area (Å²) in [6.07, 6.45) is 1.54. The third-order valence-electron chi connectivity index (χ3n) is 5.46. The first-order chi connectivity index (χ1) is 13.5.